The second-order valence-electron chi connectivity index (χ2n) is 5.93. The van der Waals surface area contributed by atoms with Crippen LogP contribution in [0, 0.1) is 12.8 Å². The van der Waals surface area contributed by atoms with Crippen molar-refractivity contribution in [1.82, 2.24) is 10.3 Å². The minimum absolute atomic E-state index is 0.0582. The van der Waals surface area contributed by atoms with E-state index >= 15 is 0 Å². The van der Waals surface area contributed by atoms with Crippen LogP contribution < -0.4 is 10.6 Å². The van der Waals surface area contributed by atoms with Crippen LogP contribution in [-0.2, 0) is 16.0 Å². The van der Waals surface area contributed by atoms with Gasteiger partial charge in [0, 0.05) is 5.38 Å². The van der Waals surface area contributed by atoms with Crippen LogP contribution in [0.5, 0.6) is 0 Å². The van der Waals surface area contributed by atoms with Crippen LogP contribution in [0.15, 0.2) is 22.1 Å². The number of amides is 2. The molecule has 26 heavy (non-hydrogen) atoms. The lowest BCUT2D eigenvalue weighted by Crippen LogP contribution is -2.45. The lowest BCUT2D eigenvalue weighted by Gasteiger charge is -2.19. The van der Waals surface area contributed by atoms with Crippen molar-refractivity contribution in [3.8, 4) is 0 Å². The average Bonchev–Trinajstić information content (AvgIpc) is 3.20. The van der Waals surface area contributed by atoms with Gasteiger partial charge in [-0.25, -0.2) is 9.78 Å². The summed E-state index contributed by atoms with van der Waals surface area (Å²) in [7, 11) is 0. The molecule has 0 aliphatic carbocycles. The topological polar surface area (TPSA) is 122 Å². The summed E-state index contributed by atoms with van der Waals surface area (Å²) < 4.78 is 5.09. The fourth-order valence-corrected chi connectivity index (χ4v) is 3.01. The summed E-state index contributed by atoms with van der Waals surface area (Å²) in [6.45, 7) is 5.32. The third-order valence-corrected chi connectivity index (χ3v) is 4.82. The number of hydrogen-bond donors (Lipinski definition) is 3. The number of nitrogens with one attached hydrogen (secondary N) is 2. The number of aryl methyl sites for hydroxylation is 1. The van der Waals surface area contributed by atoms with Crippen molar-refractivity contribution in [2.75, 3.05) is 5.32 Å². The molecule has 2 heterocycles. The molecule has 0 aliphatic rings. The van der Waals surface area contributed by atoms with E-state index in [0.717, 1.165) is 0 Å². The number of hydrogen-bond acceptors (Lipinski definition) is 6. The molecule has 0 saturated heterocycles. The quantitative estimate of drug-likeness (QED) is 0.648. The first kappa shape index (κ1) is 19.6. The van der Waals surface area contributed by atoms with E-state index in [0.29, 0.717) is 28.6 Å². The van der Waals surface area contributed by atoms with E-state index in [1.807, 2.05) is 6.92 Å². The molecule has 0 aromatic carbocycles. The molecule has 0 unspecified atom stereocenters. The van der Waals surface area contributed by atoms with Crippen LogP contribution in [0.2, 0.25) is 0 Å². The van der Waals surface area contributed by atoms with Gasteiger partial charge in [0.15, 0.2) is 5.13 Å². The van der Waals surface area contributed by atoms with Crippen molar-refractivity contribution in [3.63, 3.8) is 0 Å². The Labute approximate surface area is 154 Å². The first-order chi connectivity index (χ1) is 12.3. The minimum atomic E-state index is -1.06. The fraction of sp³-hybridized carbons (Fsp3) is 0.412. The van der Waals surface area contributed by atoms with Crippen molar-refractivity contribution in [3.05, 3.63) is 34.7 Å². The van der Waals surface area contributed by atoms with Crippen LogP contribution in [0.1, 0.15) is 42.1 Å². The minimum Gasteiger partial charge on any atom is -0.480 e. The number of nitrogens with zero attached hydrogens (tertiary/aromatic N) is 1. The van der Waals surface area contributed by atoms with Gasteiger partial charge in [0.25, 0.3) is 5.91 Å². The summed E-state index contributed by atoms with van der Waals surface area (Å²) in [5.74, 6) is -1.51. The molecule has 2 aromatic rings. The highest BCUT2D eigenvalue weighted by Crippen LogP contribution is 2.18. The van der Waals surface area contributed by atoms with E-state index in [9.17, 15) is 19.5 Å². The van der Waals surface area contributed by atoms with Crippen molar-refractivity contribution < 1.29 is 23.9 Å². The number of carbonyl (C=O) groups excluding carboxylic acids is 2. The number of furan rings is 1. The predicted molar refractivity (Wildman–Crippen MR) is 96.2 cm³/mol. The van der Waals surface area contributed by atoms with Gasteiger partial charge in [0.2, 0.25) is 5.91 Å². The van der Waals surface area contributed by atoms with E-state index in [4.69, 9.17) is 4.42 Å². The second kappa shape index (κ2) is 8.61. The molecule has 2 amide bonds. The molecule has 0 saturated carbocycles. The molecular formula is C17H21N3O5S. The Morgan fingerprint density at radius 1 is 1.38 bits per heavy atom. The van der Waals surface area contributed by atoms with Gasteiger partial charge in [-0.15, -0.1) is 11.3 Å². The second-order valence-corrected chi connectivity index (χ2v) is 6.79. The zero-order valence-electron chi connectivity index (χ0n) is 14.7. The number of carboxylic acids is 1. The SMILES string of the molecule is CC[C@H](C)[C@H](NC(=O)Cc1csc(NC(=O)c2ccoc2C)n1)C(=O)O. The monoisotopic (exact) mass is 379 g/mol. The summed E-state index contributed by atoms with van der Waals surface area (Å²) in [5, 5.41) is 16.4. The Hall–Kier alpha value is -2.68. The Balaban J connectivity index is 1.95. The zero-order valence-corrected chi connectivity index (χ0v) is 15.6. The van der Waals surface area contributed by atoms with E-state index in [-0.39, 0.29) is 18.2 Å². The molecule has 140 valence electrons. The molecule has 0 bridgehead atoms. The Morgan fingerprint density at radius 2 is 2.12 bits per heavy atom. The van der Waals surface area contributed by atoms with Crippen LogP contribution in [0.3, 0.4) is 0 Å². The first-order valence-electron chi connectivity index (χ1n) is 8.13. The highest BCUT2D eigenvalue weighted by molar-refractivity contribution is 7.14. The smallest absolute Gasteiger partial charge is 0.326 e. The maximum atomic E-state index is 12.1. The number of aliphatic carboxylic acids is 1. The van der Waals surface area contributed by atoms with Crippen LogP contribution in [0.25, 0.3) is 0 Å². The summed E-state index contributed by atoms with van der Waals surface area (Å²) in [6, 6.07) is 0.627. The van der Waals surface area contributed by atoms with Gasteiger partial charge in [-0.3, -0.25) is 14.9 Å². The van der Waals surface area contributed by atoms with Gasteiger partial charge in [0.1, 0.15) is 11.8 Å². The number of carboxylic acid groups (broad SMARTS) is 1. The number of thiazole rings is 1. The fourth-order valence-electron chi connectivity index (χ4n) is 2.30. The van der Waals surface area contributed by atoms with E-state index in [1.54, 1.807) is 25.3 Å². The van der Waals surface area contributed by atoms with Crippen LogP contribution >= 0.6 is 11.3 Å². The lowest BCUT2D eigenvalue weighted by molar-refractivity contribution is -0.143. The molecule has 2 aromatic heterocycles. The summed E-state index contributed by atoms with van der Waals surface area (Å²) in [6.07, 6.45) is 2.01. The zero-order chi connectivity index (χ0) is 19.3. The molecule has 2 atom stereocenters. The van der Waals surface area contributed by atoms with Crippen molar-refractivity contribution in [2.24, 2.45) is 5.92 Å². The molecule has 8 nitrogen and oxygen atoms in total. The van der Waals surface area contributed by atoms with Crippen LogP contribution in [0.4, 0.5) is 5.13 Å². The Kier molecular flexibility index (Phi) is 6.51. The maximum absolute atomic E-state index is 12.1. The Bertz CT molecular complexity index is 798. The number of aromatic nitrogens is 1. The molecular weight excluding hydrogens is 358 g/mol. The van der Waals surface area contributed by atoms with Gasteiger partial charge < -0.3 is 14.8 Å². The van der Waals surface area contributed by atoms with Crippen molar-refractivity contribution in [2.45, 2.75) is 39.7 Å². The molecule has 0 spiro atoms. The Morgan fingerprint density at radius 3 is 2.69 bits per heavy atom. The maximum Gasteiger partial charge on any atom is 0.326 e. The summed E-state index contributed by atoms with van der Waals surface area (Å²) in [4.78, 5) is 39.7. The third kappa shape index (κ3) is 4.92. The molecule has 0 radical (unpaired) electrons. The molecule has 2 rings (SSSR count). The number of carbonyl (C=O) groups is 3. The standard InChI is InChI=1S/C17H21N3O5S/c1-4-9(2)14(16(23)24)19-13(21)7-11-8-26-17(18-11)20-15(22)12-5-6-25-10(12)3/h5-6,8-9,14H,4,7H2,1-3H3,(H,19,21)(H,23,24)(H,18,20,22)/t9-,14-/m0/s1. The summed E-state index contributed by atoms with van der Waals surface area (Å²) in [5.41, 5.74) is 0.873. The van der Waals surface area contributed by atoms with Gasteiger partial charge in [-0.05, 0) is 18.9 Å². The van der Waals surface area contributed by atoms with Crippen molar-refractivity contribution in [1.29, 1.82) is 0 Å². The predicted octanol–water partition coefficient (Wildman–Crippen LogP) is 2.45. The van der Waals surface area contributed by atoms with E-state index in [1.165, 1.54) is 17.6 Å². The molecule has 0 fully saturated rings. The third-order valence-electron chi connectivity index (χ3n) is 4.01. The number of anilines is 1. The normalized spacial score (nSPS) is 13.0. The van der Waals surface area contributed by atoms with Crippen LogP contribution in [-0.4, -0.2) is 33.9 Å². The highest BCUT2D eigenvalue weighted by atomic mass is 32.1. The van der Waals surface area contributed by atoms with E-state index in [2.05, 4.69) is 15.6 Å². The van der Waals surface area contributed by atoms with Gasteiger partial charge in [0.05, 0.1) is 23.9 Å². The average molecular weight is 379 g/mol. The molecule has 3 N–H and O–H groups in total. The van der Waals surface area contributed by atoms with Gasteiger partial charge >= 0.3 is 5.97 Å². The van der Waals surface area contributed by atoms with Gasteiger partial charge in [-0.1, -0.05) is 20.3 Å². The van der Waals surface area contributed by atoms with Crippen molar-refractivity contribution >= 4 is 34.3 Å². The highest BCUT2D eigenvalue weighted by Gasteiger charge is 2.25. The number of rotatable bonds is 8. The summed E-state index contributed by atoms with van der Waals surface area (Å²) >= 11 is 1.19. The van der Waals surface area contributed by atoms with Gasteiger partial charge in [-0.2, -0.15) is 0 Å². The first-order valence-corrected chi connectivity index (χ1v) is 9.01. The largest absolute Gasteiger partial charge is 0.480 e. The lowest BCUT2D eigenvalue weighted by atomic mass is 9.99. The van der Waals surface area contributed by atoms with E-state index < -0.39 is 17.9 Å². The molecule has 9 heteroatoms. The molecule has 0 aliphatic heterocycles.